The number of hydrogen-bond acceptors (Lipinski definition) is 3. The Morgan fingerprint density at radius 3 is 2.89 bits per heavy atom. The smallest absolute Gasteiger partial charge is 0.242 e. The monoisotopic (exact) mass is 264 g/mol. The van der Waals surface area contributed by atoms with Gasteiger partial charge in [-0.1, -0.05) is 18.2 Å². The summed E-state index contributed by atoms with van der Waals surface area (Å²) in [6.07, 6.45) is 2.84. The van der Waals surface area contributed by atoms with E-state index in [1.54, 1.807) is 11.8 Å². The molecule has 1 amide bonds. The van der Waals surface area contributed by atoms with Crippen LogP contribution in [0.15, 0.2) is 24.3 Å². The minimum absolute atomic E-state index is 0.0844. The minimum atomic E-state index is -0.125. The lowest BCUT2D eigenvalue weighted by Crippen LogP contribution is -2.43. The van der Waals surface area contributed by atoms with E-state index in [0.717, 1.165) is 12.1 Å². The molecule has 1 aromatic carbocycles. The maximum absolute atomic E-state index is 12.1. The molecule has 1 aliphatic rings. The Bertz CT molecular complexity index is 420. The van der Waals surface area contributed by atoms with Crippen LogP contribution in [0.1, 0.15) is 19.4 Å². The Morgan fingerprint density at radius 2 is 2.22 bits per heavy atom. The average molecular weight is 264 g/mol. The molecule has 0 radical (unpaired) electrons. The third-order valence-electron chi connectivity index (χ3n) is 3.33. The Morgan fingerprint density at radius 1 is 1.50 bits per heavy atom. The number of nitrogens with one attached hydrogen (secondary N) is 2. The summed E-state index contributed by atoms with van der Waals surface area (Å²) in [6.45, 7) is 4.96. The zero-order chi connectivity index (χ0) is 13.2. The topological polar surface area (TPSA) is 41.1 Å². The van der Waals surface area contributed by atoms with E-state index in [1.807, 2.05) is 18.2 Å². The lowest BCUT2D eigenvalue weighted by Gasteiger charge is -2.23. The summed E-state index contributed by atoms with van der Waals surface area (Å²) in [5.41, 5.74) is 2.31. The van der Waals surface area contributed by atoms with Crippen LogP contribution in [0.3, 0.4) is 0 Å². The SMILES string of the molecule is CSC(C)(C)CNC(=O)[C@@H]1Cc2ccccc2N1. The van der Waals surface area contributed by atoms with Crippen molar-refractivity contribution in [2.24, 2.45) is 0 Å². The first-order chi connectivity index (χ1) is 8.52. The van der Waals surface area contributed by atoms with Gasteiger partial charge in [0.2, 0.25) is 5.91 Å². The van der Waals surface area contributed by atoms with Gasteiger partial charge in [-0.05, 0) is 31.7 Å². The zero-order valence-electron chi connectivity index (χ0n) is 11.1. The molecule has 0 aliphatic carbocycles. The molecule has 3 nitrogen and oxygen atoms in total. The van der Waals surface area contributed by atoms with Crippen molar-refractivity contribution in [3.63, 3.8) is 0 Å². The summed E-state index contributed by atoms with van der Waals surface area (Å²) in [7, 11) is 0. The van der Waals surface area contributed by atoms with Gasteiger partial charge in [-0.2, -0.15) is 11.8 Å². The fourth-order valence-corrected chi connectivity index (χ4v) is 2.17. The minimum Gasteiger partial charge on any atom is -0.373 e. The molecule has 0 saturated carbocycles. The largest absolute Gasteiger partial charge is 0.373 e. The Labute approximate surface area is 113 Å². The predicted octanol–water partition coefficient (Wildman–Crippen LogP) is 2.28. The Balaban J connectivity index is 1.90. The maximum atomic E-state index is 12.1. The molecule has 4 heteroatoms. The first-order valence-electron chi connectivity index (χ1n) is 6.19. The van der Waals surface area contributed by atoms with Crippen LogP contribution in [0.4, 0.5) is 5.69 Å². The quantitative estimate of drug-likeness (QED) is 0.876. The van der Waals surface area contributed by atoms with Crippen LogP contribution in [0.25, 0.3) is 0 Å². The standard InChI is InChI=1S/C14H20N2OS/c1-14(2,18-3)9-15-13(17)12-8-10-6-4-5-7-11(10)16-12/h4-7,12,16H,8-9H2,1-3H3,(H,15,17)/t12-/m0/s1. The number of carbonyl (C=O) groups is 1. The summed E-state index contributed by atoms with van der Waals surface area (Å²) in [5.74, 6) is 0.0910. The summed E-state index contributed by atoms with van der Waals surface area (Å²) >= 11 is 1.76. The molecule has 18 heavy (non-hydrogen) atoms. The van der Waals surface area contributed by atoms with Gasteiger partial charge in [0.05, 0.1) is 0 Å². The highest BCUT2D eigenvalue weighted by atomic mass is 32.2. The lowest BCUT2D eigenvalue weighted by atomic mass is 10.1. The van der Waals surface area contributed by atoms with Gasteiger partial charge in [0.15, 0.2) is 0 Å². The molecular formula is C14H20N2OS. The molecule has 0 spiro atoms. The van der Waals surface area contributed by atoms with Gasteiger partial charge >= 0.3 is 0 Å². The van der Waals surface area contributed by atoms with Crippen LogP contribution < -0.4 is 10.6 Å². The molecule has 98 valence electrons. The summed E-state index contributed by atoms with van der Waals surface area (Å²) in [6, 6.07) is 7.97. The second-order valence-corrected chi connectivity index (χ2v) is 6.75. The van der Waals surface area contributed by atoms with E-state index in [1.165, 1.54) is 5.56 Å². The van der Waals surface area contributed by atoms with Crippen LogP contribution in [0.5, 0.6) is 0 Å². The molecule has 0 fully saturated rings. The molecule has 2 rings (SSSR count). The maximum Gasteiger partial charge on any atom is 0.242 e. The molecule has 2 N–H and O–H groups in total. The van der Waals surface area contributed by atoms with E-state index in [4.69, 9.17) is 0 Å². The second-order valence-electron chi connectivity index (χ2n) is 5.24. The van der Waals surface area contributed by atoms with Crippen LogP contribution in [-0.4, -0.2) is 29.5 Å². The molecule has 1 aromatic rings. The van der Waals surface area contributed by atoms with Gasteiger partial charge in [0.25, 0.3) is 0 Å². The summed E-state index contributed by atoms with van der Waals surface area (Å²) in [5, 5.41) is 6.30. The van der Waals surface area contributed by atoms with Gasteiger partial charge in [-0.25, -0.2) is 0 Å². The van der Waals surface area contributed by atoms with Gasteiger partial charge in [-0.3, -0.25) is 4.79 Å². The number of fused-ring (bicyclic) bond motifs is 1. The molecule has 1 atom stereocenters. The fourth-order valence-electron chi connectivity index (χ4n) is 1.95. The van der Waals surface area contributed by atoms with Crippen molar-refractivity contribution in [1.29, 1.82) is 0 Å². The van der Waals surface area contributed by atoms with E-state index in [2.05, 4.69) is 36.8 Å². The highest BCUT2D eigenvalue weighted by molar-refractivity contribution is 7.99. The van der Waals surface area contributed by atoms with E-state index in [-0.39, 0.29) is 16.7 Å². The van der Waals surface area contributed by atoms with Crippen molar-refractivity contribution < 1.29 is 4.79 Å². The summed E-state index contributed by atoms with van der Waals surface area (Å²) < 4.78 is 0.0844. The van der Waals surface area contributed by atoms with Crippen molar-refractivity contribution in [2.75, 3.05) is 18.1 Å². The lowest BCUT2D eigenvalue weighted by molar-refractivity contribution is -0.121. The van der Waals surface area contributed by atoms with Crippen LogP contribution in [0.2, 0.25) is 0 Å². The summed E-state index contributed by atoms with van der Waals surface area (Å²) in [4.78, 5) is 12.1. The van der Waals surface area contributed by atoms with E-state index >= 15 is 0 Å². The van der Waals surface area contributed by atoms with Crippen molar-refractivity contribution in [3.05, 3.63) is 29.8 Å². The Kier molecular flexibility index (Phi) is 3.85. The number of para-hydroxylation sites is 1. The Hall–Kier alpha value is -1.16. The molecule has 1 aliphatic heterocycles. The van der Waals surface area contributed by atoms with E-state index < -0.39 is 0 Å². The van der Waals surface area contributed by atoms with Crippen LogP contribution in [-0.2, 0) is 11.2 Å². The van der Waals surface area contributed by atoms with Gasteiger partial charge in [-0.15, -0.1) is 0 Å². The van der Waals surface area contributed by atoms with Crippen molar-refractivity contribution in [2.45, 2.75) is 31.1 Å². The third-order valence-corrected chi connectivity index (χ3v) is 4.58. The van der Waals surface area contributed by atoms with E-state index in [0.29, 0.717) is 6.54 Å². The molecule has 1 heterocycles. The third kappa shape index (κ3) is 2.99. The second kappa shape index (κ2) is 5.22. The first kappa shape index (κ1) is 13.3. The fraction of sp³-hybridized carbons (Fsp3) is 0.500. The predicted molar refractivity (Wildman–Crippen MR) is 78.2 cm³/mol. The van der Waals surface area contributed by atoms with Gasteiger partial charge in [0, 0.05) is 23.4 Å². The van der Waals surface area contributed by atoms with Crippen LogP contribution >= 0.6 is 11.8 Å². The van der Waals surface area contributed by atoms with Crippen molar-refractivity contribution in [1.82, 2.24) is 5.32 Å². The highest BCUT2D eigenvalue weighted by Gasteiger charge is 2.27. The number of carbonyl (C=O) groups excluding carboxylic acids is 1. The number of anilines is 1. The molecule has 0 aromatic heterocycles. The normalized spacial score (nSPS) is 18.1. The number of benzene rings is 1. The molecular weight excluding hydrogens is 244 g/mol. The number of thioether (sulfide) groups is 1. The zero-order valence-corrected chi connectivity index (χ0v) is 11.9. The molecule has 0 saturated heterocycles. The first-order valence-corrected chi connectivity index (χ1v) is 7.41. The number of amides is 1. The molecule has 0 bridgehead atoms. The highest BCUT2D eigenvalue weighted by Crippen LogP contribution is 2.25. The van der Waals surface area contributed by atoms with Crippen LogP contribution in [0, 0.1) is 0 Å². The van der Waals surface area contributed by atoms with Gasteiger partial charge < -0.3 is 10.6 Å². The molecule has 0 unspecified atom stereocenters. The van der Waals surface area contributed by atoms with Crippen molar-refractivity contribution in [3.8, 4) is 0 Å². The van der Waals surface area contributed by atoms with Crippen molar-refractivity contribution >= 4 is 23.4 Å². The van der Waals surface area contributed by atoms with E-state index in [9.17, 15) is 4.79 Å². The number of hydrogen-bond donors (Lipinski definition) is 2. The average Bonchev–Trinajstić information content (AvgIpc) is 2.80. The number of rotatable bonds is 4. The van der Waals surface area contributed by atoms with Gasteiger partial charge in [0.1, 0.15) is 6.04 Å².